The van der Waals surface area contributed by atoms with Gasteiger partial charge in [0.05, 0.1) is 5.56 Å². The Bertz CT molecular complexity index is 486. The Morgan fingerprint density at radius 1 is 1.50 bits per heavy atom. The van der Waals surface area contributed by atoms with Crippen LogP contribution in [0.2, 0.25) is 5.15 Å². The third-order valence-corrected chi connectivity index (χ3v) is 3.12. The number of pyridine rings is 1. The molecule has 0 unspecified atom stereocenters. The summed E-state index contributed by atoms with van der Waals surface area (Å²) >= 11 is 5.77. The number of carboxylic acid groups (broad SMARTS) is 1. The minimum atomic E-state index is -0.999. The van der Waals surface area contributed by atoms with Crippen molar-refractivity contribution in [2.24, 2.45) is 0 Å². The van der Waals surface area contributed by atoms with Gasteiger partial charge >= 0.3 is 5.97 Å². The summed E-state index contributed by atoms with van der Waals surface area (Å²) in [6.07, 6.45) is 6.83. The SMILES string of the molecule is O=C(O)c1cc(Cl)nc(NCCC2=CCCC2)c1. The van der Waals surface area contributed by atoms with Crippen molar-refractivity contribution in [3.8, 4) is 0 Å². The molecule has 0 fully saturated rings. The van der Waals surface area contributed by atoms with Crippen molar-refractivity contribution in [2.45, 2.75) is 25.7 Å². The van der Waals surface area contributed by atoms with Crippen LogP contribution >= 0.6 is 11.6 Å². The van der Waals surface area contributed by atoms with Gasteiger partial charge in [-0.15, -0.1) is 0 Å². The second kappa shape index (κ2) is 5.87. The number of halogens is 1. The molecule has 1 aromatic rings. The van der Waals surface area contributed by atoms with E-state index in [2.05, 4.69) is 16.4 Å². The summed E-state index contributed by atoms with van der Waals surface area (Å²) in [4.78, 5) is 14.9. The van der Waals surface area contributed by atoms with Gasteiger partial charge in [0.2, 0.25) is 0 Å². The van der Waals surface area contributed by atoms with Gasteiger partial charge in [-0.25, -0.2) is 9.78 Å². The first-order valence-electron chi connectivity index (χ1n) is 5.98. The van der Waals surface area contributed by atoms with Gasteiger partial charge in [0.15, 0.2) is 0 Å². The number of carbonyl (C=O) groups is 1. The normalized spacial score (nSPS) is 14.4. The molecule has 96 valence electrons. The monoisotopic (exact) mass is 266 g/mol. The standard InChI is InChI=1S/C13H15ClN2O2/c14-11-7-10(13(17)18)8-12(16-11)15-6-5-9-3-1-2-4-9/h3,7-8H,1-2,4-6H2,(H,15,16)(H,17,18). The Labute approximate surface area is 111 Å². The van der Waals surface area contributed by atoms with Crippen molar-refractivity contribution in [3.05, 3.63) is 34.5 Å². The molecular weight excluding hydrogens is 252 g/mol. The molecule has 1 aliphatic carbocycles. The number of nitrogens with one attached hydrogen (secondary N) is 1. The molecule has 1 aliphatic rings. The Morgan fingerprint density at radius 2 is 2.33 bits per heavy atom. The lowest BCUT2D eigenvalue weighted by Gasteiger charge is -2.07. The van der Waals surface area contributed by atoms with Crippen LogP contribution in [-0.4, -0.2) is 22.6 Å². The third-order valence-electron chi connectivity index (χ3n) is 2.93. The number of carboxylic acids is 1. The van der Waals surface area contributed by atoms with Gasteiger partial charge in [-0.2, -0.15) is 0 Å². The maximum atomic E-state index is 10.9. The minimum absolute atomic E-state index is 0.151. The molecule has 0 spiro atoms. The van der Waals surface area contributed by atoms with E-state index >= 15 is 0 Å². The van der Waals surface area contributed by atoms with Gasteiger partial charge in [0.1, 0.15) is 11.0 Å². The highest BCUT2D eigenvalue weighted by molar-refractivity contribution is 6.29. The zero-order valence-electron chi connectivity index (χ0n) is 9.95. The molecule has 5 heteroatoms. The molecule has 2 N–H and O–H groups in total. The summed E-state index contributed by atoms with van der Waals surface area (Å²) in [5, 5.41) is 12.2. The zero-order valence-corrected chi connectivity index (χ0v) is 10.7. The van der Waals surface area contributed by atoms with Crippen molar-refractivity contribution >= 4 is 23.4 Å². The maximum absolute atomic E-state index is 10.9. The van der Waals surface area contributed by atoms with Crippen LogP contribution in [0.4, 0.5) is 5.82 Å². The fourth-order valence-electron chi connectivity index (χ4n) is 2.03. The van der Waals surface area contributed by atoms with Crippen LogP contribution in [0.3, 0.4) is 0 Å². The first kappa shape index (κ1) is 12.9. The number of hydrogen-bond donors (Lipinski definition) is 2. The molecule has 18 heavy (non-hydrogen) atoms. The number of allylic oxidation sites excluding steroid dienone is 1. The maximum Gasteiger partial charge on any atom is 0.335 e. The van der Waals surface area contributed by atoms with E-state index in [-0.39, 0.29) is 10.7 Å². The van der Waals surface area contributed by atoms with E-state index < -0.39 is 5.97 Å². The van der Waals surface area contributed by atoms with E-state index in [4.69, 9.17) is 16.7 Å². The molecule has 1 heterocycles. The lowest BCUT2D eigenvalue weighted by atomic mass is 10.2. The number of hydrogen-bond acceptors (Lipinski definition) is 3. The largest absolute Gasteiger partial charge is 0.478 e. The first-order chi connectivity index (χ1) is 8.65. The fourth-order valence-corrected chi connectivity index (χ4v) is 2.24. The van der Waals surface area contributed by atoms with Crippen LogP contribution in [0, 0.1) is 0 Å². The molecule has 0 radical (unpaired) electrons. The van der Waals surface area contributed by atoms with Crippen LogP contribution in [0.25, 0.3) is 0 Å². The smallest absolute Gasteiger partial charge is 0.335 e. The highest BCUT2D eigenvalue weighted by atomic mass is 35.5. The number of nitrogens with zero attached hydrogens (tertiary/aromatic N) is 1. The van der Waals surface area contributed by atoms with Gasteiger partial charge in [-0.05, 0) is 37.8 Å². The summed E-state index contributed by atoms with van der Waals surface area (Å²) in [5.41, 5.74) is 1.61. The molecular formula is C13H15ClN2O2. The number of aromatic nitrogens is 1. The summed E-state index contributed by atoms with van der Waals surface area (Å²) in [6, 6.07) is 2.84. The van der Waals surface area contributed by atoms with Gasteiger partial charge < -0.3 is 10.4 Å². The van der Waals surface area contributed by atoms with Gasteiger partial charge in [-0.3, -0.25) is 0 Å². The quantitative estimate of drug-likeness (QED) is 0.634. The van der Waals surface area contributed by atoms with Crippen molar-refractivity contribution in [2.75, 3.05) is 11.9 Å². The van der Waals surface area contributed by atoms with E-state index in [1.54, 1.807) is 0 Å². The molecule has 0 saturated carbocycles. The van der Waals surface area contributed by atoms with E-state index in [0.29, 0.717) is 5.82 Å². The average molecular weight is 267 g/mol. The number of rotatable bonds is 5. The Kier molecular flexibility index (Phi) is 4.20. The van der Waals surface area contributed by atoms with Crippen molar-refractivity contribution < 1.29 is 9.90 Å². The topological polar surface area (TPSA) is 62.2 Å². The first-order valence-corrected chi connectivity index (χ1v) is 6.35. The van der Waals surface area contributed by atoms with Crippen LogP contribution < -0.4 is 5.32 Å². The number of aromatic carboxylic acids is 1. The molecule has 4 nitrogen and oxygen atoms in total. The number of anilines is 1. The predicted molar refractivity (Wildman–Crippen MR) is 71.2 cm³/mol. The molecule has 0 amide bonds. The zero-order chi connectivity index (χ0) is 13.0. The molecule has 1 aromatic heterocycles. The van der Waals surface area contributed by atoms with Crippen LogP contribution in [0.15, 0.2) is 23.8 Å². The van der Waals surface area contributed by atoms with Crippen molar-refractivity contribution in [1.82, 2.24) is 4.98 Å². The third kappa shape index (κ3) is 3.47. The van der Waals surface area contributed by atoms with Gasteiger partial charge in [-0.1, -0.05) is 23.3 Å². The predicted octanol–water partition coefficient (Wildman–Crippen LogP) is 3.35. The van der Waals surface area contributed by atoms with Crippen molar-refractivity contribution in [3.63, 3.8) is 0 Å². The van der Waals surface area contributed by atoms with E-state index in [9.17, 15) is 4.79 Å². The van der Waals surface area contributed by atoms with Gasteiger partial charge in [0.25, 0.3) is 0 Å². The summed E-state index contributed by atoms with van der Waals surface area (Å²) in [5.74, 6) is -0.487. The highest BCUT2D eigenvalue weighted by Gasteiger charge is 2.08. The average Bonchev–Trinajstić information content (AvgIpc) is 2.81. The molecule has 0 aliphatic heterocycles. The van der Waals surface area contributed by atoms with Gasteiger partial charge in [0, 0.05) is 6.54 Å². The van der Waals surface area contributed by atoms with E-state index in [1.807, 2.05) is 0 Å². The van der Waals surface area contributed by atoms with Crippen LogP contribution in [-0.2, 0) is 0 Å². The fraction of sp³-hybridized carbons (Fsp3) is 0.385. The lowest BCUT2D eigenvalue weighted by molar-refractivity contribution is 0.0697. The van der Waals surface area contributed by atoms with E-state index in [1.165, 1.54) is 37.0 Å². The second-order valence-corrected chi connectivity index (χ2v) is 4.69. The van der Waals surface area contributed by atoms with E-state index in [0.717, 1.165) is 13.0 Å². The Hall–Kier alpha value is -1.55. The molecule has 0 bridgehead atoms. The Balaban J connectivity index is 1.94. The summed E-state index contributed by atoms with van der Waals surface area (Å²) < 4.78 is 0. The summed E-state index contributed by atoms with van der Waals surface area (Å²) in [7, 11) is 0. The molecule has 0 aromatic carbocycles. The molecule has 0 atom stereocenters. The molecule has 2 rings (SSSR count). The minimum Gasteiger partial charge on any atom is -0.478 e. The molecule has 0 saturated heterocycles. The van der Waals surface area contributed by atoms with Crippen LogP contribution in [0.5, 0.6) is 0 Å². The lowest BCUT2D eigenvalue weighted by Crippen LogP contribution is -2.06. The second-order valence-electron chi connectivity index (χ2n) is 4.30. The Morgan fingerprint density at radius 3 is 3.00 bits per heavy atom. The van der Waals surface area contributed by atoms with Crippen molar-refractivity contribution in [1.29, 1.82) is 0 Å². The highest BCUT2D eigenvalue weighted by Crippen LogP contribution is 2.21. The van der Waals surface area contributed by atoms with Crippen LogP contribution in [0.1, 0.15) is 36.0 Å². The summed E-state index contributed by atoms with van der Waals surface area (Å²) in [6.45, 7) is 0.748.